The van der Waals surface area contributed by atoms with Crippen molar-refractivity contribution in [3.05, 3.63) is 41.7 Å². The van der Waals surface area contributed by atoms with Crippen LogP contribution in [0.2, 0.25) is 0 Å². The number of carbonyl (C=O) groups is 1. The fraction of sp³-hybridized carbons (Fsp3) is 0.381. The summed E-state index contributed by atoms with van der Waals surface area (Å²) in [4.78, 5) is 20.6. The highest BCUT2D eigenvalue weighted by Gasteiger charge is 2.18. The molecule has 0 radical (unpaired) electrons. The number of aryl methyl sites for hydroxylation is 2. The van der Waals surface area contributed by atoms with E-state index in [2.05, 4.69) is 37.3 Å². The Kier molecular flexibility index (Phi) is 5.82. The van der Waals surface area contributed by atoms with Gasteiger partial charge in [0.1, 0.15) is 11.4 Å². The zero-order valence-corrected chi connectivity index (χ0v) is 17.0. The molecule has 0 bridgehead atoms. The number of nitrogens with two attached hydrogens (primary N) is 2. The SMILES string of the molecule is CCOC[C@H](N)CNc1ncc(C(N)=O)c(Nc2cccc3c2cc2n3CCC2)n1. The molecular weight excluding hydrogens is 382 g/mol. The quantitative estimate of drug-likeness (QED) is 0.425. The Morgan fingerprint density at radius 3 is 3.07 bits per heavy atom. The van der Waals surface area contributed by atoms with Gasteiger partial charge in [0.15, 0.2) is 0 Å². The molecule has 1 atom stereocenters. The molecule has 3 aromatic rings. The van der Waals surface area contributed by atoms with Crippen LogP contribution in [0, 0.1) is 0 Å². The molecule has 0 spiro atoms. The molecule has 30 heavy (non-hydrogen) atoms. The highest BCUT2D eigenvalue weighted by Crippen LogP contribution is 2.32. The summed E-state index contributed by atoms with van der Waals surface area (Å²) >= 11 is 0. The Labute approximate surface area is 174 Å². The maximum Gasteiger partial charge on any atom is 0.254 e. The van der Waals surface area contributed by atoms with Crippen LogP contribution in [-0.4, -0.2) is 46.2 Å². The highest BCUT2D eigenvalue weighted by molar-refractivity contribution is 6.00. The number of primary amides is 1. The van der Waals surface area contributed by atoms with E-state index >= 15 is 0 Å². The van der Waals surface area contributed by atoms with Gasteiger partial charge in [0.2, 0.25) is 5.95 Å². The van der Waals surface area contributed by atoms with Gasteiger partial charge >= 0.3 is 0 Å². The lowest BCUT2D eigenvalue weighted by molar-refractivity contribution is 0.100. The maximum atomic E-state index is 11.9. The van der Waals surface area contributed by atoms with Crippen molar-refractivity contribution in [2.24, 2.45) is 11.5 Å². The van der Waals surface area contributed by atoms with Crippen LogP contribution in [0.15, 0.2) is 30.5 Å². The van der Waals surface area contributed by atoms with Gasteiger partial charge in [-0.25, -0.2) is 4.98 Å². The molecule has 0 unspecified atom stereocenters. The summed E-state index contributed by atoms with van der Waals surface area (Å²) in [5.74, 6) is 0.127. The Morgan fingerprint density at radius 1 is 1.40 bits per heavy atom. The number of nitrogens with zero attached hydrogens (tertiary/aromatic N) is 3. The highest BCUT2D eigenvalue weighted by atomic mass is 16.5. The van der Waals surface area contributed by atoms with Crippen LogP contribution in [0.25, 0.3) is 10.9 Å². The average molecular weight is 409 g/mol. The molecule has 3 heterocycles. The molecule has 0 aliphatic carbocycles. The zero-order valence-electron chi connectivity index (χ0n) is 17.0. The van der Waals surface area contributed by atoms with Gasteiger partial charge in [-0.3, -0.25) is 4.79 Å². The van der Waals surface area contributed by atoms with Gasteiger partial charge < -0.3 is 31.4 Å². The molecule has 0 saturated heterocycles. The predicted octanol–water partition coefficient (Wildman–Crippen LogP) is 2.00. The van der Waals surface area contributed by atoms with Crippen molar-refractivity contribution in [2.45, 2.75) is 32.4 Å². The first-order chi connectivity index (χ1) is 14.6. The molecule has 9 heteroatoms. The van der Waals surface area contributed by atoms with Gasteiger partial charge in [0.05, 0.1) is 12.1 Å². The number of fused-ring (bicyclic) bond motifs is 3. The summed E-state index contributed by atoms with van der Waals surface area (Å²) in [6.07, 6.45) is 3.67. The normalized spacial score (nSPS) is 13.9. The smallest absolute Gasteiger partial charge is 0.254 e. The van der Waals surface area contributed by atoms with Crippen LogP contribution in [0.3, 0.4) is 0 Å². The number of nitrogens with one attached hydrogen (secondary N) is 2. The Bertz CT molecular complexity index is 1060. The predicted molar refractivity (Wildman–Crippen MR) is 117 cm³/mol. The largest absolute Gasteiger partial charge is 0.380 e. The second-order valence-corrected chi connectivity index (χ2v) is 7.37. The van der Waals surface area contributed by atoms with Crippen molar-refractivity contribution in [3.63, 3.8) is 0 Å². The van der Waals surface area contributed by atoms with Crippen LogP contribution >= 0.6 is 0 Å². The molecule has 1 aromatic carbocycles. The Hall–Kier alpha value is -3.17. The van der Waals surface area contributed by atoms with Crippen LogP contribution < -0.4 is 22.1 Å². The van der Waals surface area contributed by atoms with Crippen LogP contribution in [0.5, 0.6) is 0 Å². The van der Waals surface area contributed by atoms with E-state index in [0.717, 1.165) is 24.0 Å². The van der Waals surface area contributed by atoms with Gasteiger partial charge in [0, 0.05) is 48.7 Å². The zero-order chi connectivity index (χ0) is 21.1. The number of anilines is 3. The standard InChI is InChI=1S/C21H27N7O2/c1-2-30-12-13(22)10-24-21-25-11-16(19(23)29)20(27-21)26-17-6-3-7-18-15(17)9-14-5-4-8-28(14)18/h3,6-7,9,11,13H,2,4-5,8,10,12,22H2,1H3,(H2,23,29)(H2,24,25,26,27)/t13-/m1/s1. The number of rotatable bonds is 9. The minimum absolute atomic E-state index is 0.196. The molecule has 6 N–H and O–H groups in total. The fourth-order valence-electron chi connectivity index (χ4n) is 3.76. The lowest BCUT2D eigenvalue weighted by atomic mass is 10.2. The van der Waals surface area contributed by atoms with E-state index in [1.807, 2.05) is 19.1 Å². The summed E-state index contributed by atoms with van der Waals surface area (Å²) < 4.78 is 7.66. The molecule has 2 aromatic heterocycles. The van der Waals surface area contributed by atoms with Crippen LogP contribution in [0.4, 0.5) is 17.5 Å². The molecule has 9 nitrogen and oxygen atoms in total. The third kappa shape index (κ3) is 4.07. The maximum absolute atomic E-state index is 11.9. The topological polar surface area (TPSA) is 133 Å². The van der Waals surface area contributed by atoms with Gasteiger partial charge in [-0.15, -0.1) is 0 Å². The van der Waals surface area contributed by atoms with Crippen molar-refractivity contribution in [1.29, 1.82) is 0 Å². The second kappa shape index (κ2) is 8.68. The summed E-state index contributed by atoms with van der Waals surface area (Å²) in [5, 5.41) is 7.47. The van der Waals surface area contributed by atoms with E-state index < -0.39 is 5.91 Å². The van der Waals surface area contributed by atoms with E-state index in [-0.39, 0.29) is 11.6 Å². The molecule has 1 aliphatic heterocycles. The van der Waals surface area contributed by atoms with E-state index in [0.29, 0.717) is 31.5 Å². The number of carbonyl (C=O) groups excluding carboxylic acids is 1. The van der Waals surface area contributed by atoms with Gasteiger partial charge in [-0.2, -0.15) is 4.98 Å². The number of hydrogen-bond donors (Lipinski definition) is 4. The lowest BCUT2D eigenvalue weighted by Gasteiger charge is -2.15. The number of ether oxygens (including phenoxy) is 1. The molecule has 0 saturated carbocycles. The molecule has 158 valence electrons. The van der Waals surface area contributed by atoms with Gasteiger partial charge in [-0.1, -0.05) is 6.07 Å². The number of aromatic nitrogens is 3. The first-order valence-corrected chi connectivity index (χ1v) is 10.2. The first-order valence-electron chi connectivity index (χ1n) is 10.2. The molecular formula is C21H27N7O2. The number of hydrogen-bond acceptors (Lipinski definition) is 7. The van der Waals surface area contributed by atoms with E-state index in [9.17, 15) is 4.79 Å². The summed E-state index contributed by atoms with van der Waals surface area (Å²) in [7, 11) is 0. The molecule has 1 amide bonds. The lowest BCUT2D eigenvalue weighted by Crippen LogP contribution is -2.34. The molecule has 0 fully saturated rings. The first kappa shape index (κ1) is 20.1. The van der Waals surface area contributed by atoms with Crippen LogP contribution in [0.1, 0.15) is 29.4 Å². The minimum atomic E-state index is -0.594. The summed E-state index contributed by atoms with van der Waals surface area (Å²) in [5.41, 5.74) is 15.1. The van der Waals surface area contributed by atoms with Crippen molar-refractivity contribution in [3.8, 4) is 0 Å². The van der Waals surface area contributed by atoms with Crippen LogP contribution in [-0.2, 0) is 17.7 Å². The van der Waals surface area contributed by atoms with Crippen molar-refractivity contribution < 1.29 is 9.53 Å². The van der Waals surface area contributed by atoms with E-state index in [1.165, 1.54) is 23.8 Å². The molecule has 4 rings (SSSR count). The third-order valence-electron chi connectivity index (χ3n) is 5.21. The van der Waals surface area contributed by atoms with Gasteiger partial charge in [0.25, 0.3) is 5.91 Å². The Balaban J connectivity index is 1.60. The third-order valence-corrected chi connectivity index (χ3v) is 5.21. The summed E-state index contributed by atoms with van der Waals surface area (Å²) in [6, 6.07) is 8.07. The van der Waals surface area contributed by atoms with E-state index in [1.54, 1.807) is 0 Å². The minimum Gasteiger partial charge on any atom is -0.380 e. The van der Waals surface area contributed by atoms with Gasteiger partial charge in [-0.05, 0) is 38.0 Å². The van der Waals surface area contributed by atoms with E-state index in [4.69, 9.17) is 16.2 Å². The number of benzene rings is 1. The second-order valence-electron chi connectivity index (χ2n) is 7.37. The van der Waals surface area contributed by atoms with Crippen molar-refractivity contribution >= 4 is 34.3 Å². The monoisotopic (exact) mass is 409 g/mol. The fourth-order valence-corrected chi connectivity index (χ4v) is 3.76. The number of amides is 1. The van der Waals surface area contributed by atoms with Crippen molar-refractivity contribution in [2.75, 3.05) is 30.4 Å². The average Bonchev–Trinajstić information content (AvgIpc) is 3.33. The van der Waals surface area contributed by atoms with Crippen molar-refractivity contribution in [1.82, 2.24) is 14.5 Å². The molecule has 1 aliphatic rings. The Morgan fingerprint density at radius 2 is 2.27 bits per heavy atom. The summed E-state index contributed by atoms with van der Waals surface area (Å²) in [6.45, 7) is 4.44.